The van der Waals surface area contributed by atoms with Crippen LogP contribution in [0.5, 0.6) is 0 Å². The Balaban J connectivity index is 2.22. The molecule has 3 rings (SSSR count). The predicted molar refractivity (Wildman–Crippen MR) is 86.3 cm³/mol. The zero-order chi connectivity index (χ0) is 13.4. The molecule has 0 radical (unpaired) electrons. The Labute approximate surface area is 119 Å². The number of rotatable bonds is 2. The lowest BCUT2D eigenvalue weighted by Crippen LogP contribution is -2.47. The van der Waals surface area contributed by atoms with E-state index in [0.29, 0.717) is 6.71 Å². The average Bonchev–Trinajstić information content (AvgIpc) is 2.45. The van der Waals surface area contributed by atoms with Crippen molar-refractivity contribution in [2.75, 3.05) is 5.73 Å². The molecule has 0 aliphatic carbocycles. The minimum atomic E-state index is 0.443. The number of hydrogen-bond donors (Lipinski definition) is 1. The smallest absolute Gasteiger partial charge is 0.214 e. The van der Waals surface area contributed by atoms with Crippen LogP contribution in [-0.2, 0) is 6.42 Å². The normalized spacial score (nSPS) is 13.1. The summed E-state index contributed by atoms with van der Waals surface area (Å²) in [5, 5.41) is 0. The third-order valence-corrected chi connectivity index (χ3v) is 5.16. The number of nitrogens with two attached hydrogens (primary N) is 1. The Kier molecular flexibility index (Phi) is 3.32. The molecule has 2 aromatic rings. The maximum Gasteiger partial charge on any atom is 0.214 e. The monoisotopic (exact) mass is 267 g/mol. The number of hydrogen-bond acceptors (Lipinski definition) is 2. The van der Waals surface area contributed by atoms with Gasteiger partial charge in [0, 0.05) is 15.5 Å². The fraction of sp³-hybridized carbons (Fsp3) is 0.250. The van der Waals surface area contributed by atoms with Crippen molar-refractivity contribution in [3.8, 4) is 0 Å². The van der Waals surface area contributed by atoms with Gasteiger partial charge in [-0.25, -0.2) is 0 Å². The SMILES string of the molecule is CCB1c2ccccc2Sc2ccc(CC)c(N)c21. The Hall–Kier alpha value is -1.35. The first-order chi connectivity index (χ1) is 9.26. The Morgan fingerprint density at radius 2 is 1.84 bits per heavy atom. The topological polar surface area (TPSA) is 26.0 Å². The molecule has 0 unspecified atom stereocenters. The van der Waals surface area contributed by atoms with Crippen molar-refractivity contribution in [3.63, 3.8) is 0 Å². The molecule has 1 nitrogen and oxygen atoms in total. The van der Waals surface area contributed by atoms with Crippen molar-refractivity contribution in [1.82, 2.24) is 0 Å². The second kappa shape index (κ2) is 4.97. The lowest BCUT2D eigenvalue weighted by Gasteiger charge is -2.27. The summed E-state index contributed by atoms with van der Waals surface area (Å²) in [5.41, 5.74) is 11.5. The van der Waals surface area contributed by atoms with E-state index in [2.05, 4.69) is 50.2 Å². The Morgan fingerprint density at radius 1 is 1.05 bits per heavy atom. The molecule has 1 aliphatic rings. The van der Waals surface area contributed by atoms with E-state index in [-0.39, 0.29) is 0 Å². The summed E-state index contributed by atoms with van der Waals surface area (Å²) >= 11 is 1.85. The van der Waals surface area contributed by atoms with Gasteiger partial charge in [0.2, 0.25) is 6.71 Å². The molecule has 0 saturated carbocycles. The molecule has 1 aliphatic heterocycles. The molecule has 3 heteroatoms. The van der Waals surface area contributed by atoms with E-state index < -0.39 is 0 Å². The highest BCUT2D eigenvalue weighted by atomic mass is 32.2. The number of benzene rings is 2. The molecule has 2 aromatic carbocycles. The lowest BCUT2D eigenvalue weighted by atomic mass is 9.38. The van der Waals surface area contributed by atoms with Gasteiger partial charge in [-0.1, -0.05) is 61.7 Å². The summed E-state index contributed by atoms with van der Waals surface area (Å²) in [7, 11) is 0. The number of aryl methyl sites for hydroxylation is 1. The average molecular weight is 267 g/mol. The first-order valence-corrected chi connectivity index (χ1v) is 7.75. The summed E-state index contributed by atoms with van der Waals surface area (Å²) in [6, 6.07) is 13.1. The summed E-state index contributed by atoms with van der Waals surface area (Å²) in [6.45, 7) is 4.86. The molecule has 0 fully saturated rings. The number of nitrogen functional groups attached to an aromatic ring is 1. The van der Waals surface area contributed by atoms with Gasteiger partial charge in [0.15, 0.2) is 0 Å². The summed E-state index contributed by atoms with van der Waals surface area (Å²) < 4.78 is 0. The second-order valence-corrected chi connectivity index (χ2v) is 6.09. The molecule has 0 aromatic heterocycles. The van der Waals surface area contributed by atoms with Crippen LogP contribution >= 0.6 is 11.8 Å². The van der Waals surface area contributed by atoms with E-state index in [9.17, 15) is 0 Å². The van der Waals surface area contributed by atoms with Gasteiger partial charge in [0.25, 0.3) is 0 Å². The van der Waals surface area contributed by atoms with E-state index in [0.717, 1.165) is 18.4 Å². The molecule has 2 N–H and O–H groups in total. The van der Waals surface area contributed by atoms with Crippen molar-refractivity contribution >= 4 is 35.1 Å². The Bertz CT molecular complexity index is 624. The van der Waals surface area contributed by atoms with Crippen LogP contribution in [0, 0.1) is 0 Å². The van der Waals surface area contributed by atoms with Crippen LogP contribution in [0.3, 0.4) is 0 Å². The van der Waals surface area contributed by atoms with Gasteiger partial charge in [-0.05, 0) is 29.6 Å². The van der Waals surface area contributed by atoms with Crippen LogP contribution in [0.15, 0.2) is 46.2 Å². The maximum atomic E-state index is 6.42. The van der Waals surface area contributed by atoms with Crippen molar-refractivity contribution in [1.29, 1.82) is 0 Å². The molecule has 0 atom stereocenters. The van der Waals surface area contributed by atoms with Crippen LogP contribution in [0.25, 0.3) is 0 Å². The maximum absolute atomic E-state index is 6.42. The van der Waals surface area contributed by atoms with E-state index in [1.807, 2.05) is 11.8 Å². The predicted octanol–water partition coefficient (Wildman–Crippen LogP) is 2.92. The van der Waals surface area contributed by atoms with Gasteiger partial charge >= 0.3 is 0 Å². The quantitative estimate of drug-likeness (QED) is 0.668. The molecule has 1 heterocycles. The van der Waals surface area contributed by atoms with Crippen LogP contribution < -0.4 is 16.7 Å². The first-order valence-electron chi connectivity index (χ1n) is 6.94. The van der Waals surface area contributed by atoms with E-state index in [1.165, 1.54) is 26.3 Å². The lowest BCUT2D eigenvalue weighted by molar-refractivity contribution is 1.14. The third-order valence-electron chi connectivity index (χ3n) is 3.99. The number of fused-ring (bicyclic) bond motifs is 2. The van der Waals surface area contributed by atoms with Gasteiger partial charge in [0.05, 0.1) is 0 Å². The van der Waals surface area contributed by atoms with Crippen molar-refractivity contribution < 1.29 is 0 Å². The molecular formula is C16H18BNS. The highest BCUT2D eigenvalue weighted by Crippen LogP contribution is 2.32. The molecule has 0 saturated heterocycles. The van der Waals surface area contributed by atoms with Gasteiger partial charge in [-0.2, -0.15) is 0 Å². The van der Waals surface area contributed by atoms with Gasteiger partial charge in [-0.3, -0.25) is 0 Å². The molecule has 0 bridgehead atoms. The van der Waals surface area contributed by atoms with Crippen molar-refractivity contribution in [2.24, 2.45) is 0 Å². The number of anilines is 1. The fourth-order valence-electron chi connectivity index (χ4n) is 2.98. The Morgan fingerprint density at radius 3 is 2.58 bits per heavy atom. The standard InChI is InChI=1S/C16H18BNS/c1-3-11-9-10-14-15(16(11)18)17(4-2)12-7-5-6-8-13(12)19-14/h5-10H,3-4,18H2,1-2H3. The second-order valence-electron chi connectivity index (χ2n) is 5.00. The van der Waals surface area contributed by atoms with E-state index >= 15 is 0 Å². The van der Waals surface area contributed by atoms with Crippen molar-refractivity contribution in [2.45, 2.75) is 36.4 Å². The summed E-state index contributed by atoms with van der Waals surface area (Å²) in [4.78, 5) is 2.71. The van der Waals surface area contributed by atoms with Gasteiger partial charge in [0.1, 0.15) is 0 Å². The van der Waals surface area contributed by atoms with E-state index in [4.69, 9.17) is 5.73 Å². The zero-order valence-electron chi connectivity index (χ0n) is 11.4. The van der Waals surface area contributed by atoms with Crippen LogP contribution in [0.4, 0.5) is 5.69 Å². The van der Waals surface area contributed by atoms with Crippen molar-refractivity contribution in [3.05, 3.63) is 42.0 Å². The molecular weight excluding hydrogens is 249 g/mol. The van der Waals surface area contributed by atoms with Crippen LogP contribution in [0.2, 0.25) is 6.32 Å². The minimum absolute atomic E-state index is 0.443. The van der Waals surface area contributed by atoms with Crippen LogP contribution in [0.1, 0.15) is 19.4 Å². The summed E-state index contributed by atoms with van der Waals surface area (Å²) in [6.07, 6.45) is 2.10. The molecule has 0 spiro atoms. The first kappa shape index (κ1) is 12.7. The van der Waals surface area contributed by atoms with Crippen LogP contribution in [-0.4, -0.2) is 6.71 Å². The third kappa shape index (κ3) is 1.97. The fourth-order valence-corrected chi connectivity index (χ4v) is 4.19. The van der Waals surface area contributed by atoms with Gasteiger partial charge in [-0.15, -0.1) is 0 Å². The minimum Gasteiger partial charge on any atom is -0.399 e. The zero-order valence-corrected chi connectivity index (χ0v) is 12.3. The highest BCUT2D eigenvalue weighted by molar-refractivity contribution is 8.00. The van der Waals surface area contributed by atoms with Gasteiger partial charge < -0.3 is 5.73 Å². The van der Waals surface area contributed by atoms with E-state index in [1.54, 1.807) is 0 Å². The molecule has 0 amide bonds. The summed E-state index contributed by atoms with van der Waals surface area (Å²) in [5.74, 6) is 0. The molecule has 19 heavy (non-hydrogen) atoms. The largest absolute Gasteiger partial charge is 0.399 e. The molecule has 96 valence electrons. The highest BCUT2D eigenvalue weighted by Gasteiger charge is 2.30.